The first-order chi connectivity index (χ1) is 15.2. The topological polar surface area (TPSA) is 64.7 Å². The molecule has 6 nitrogen and oxygen atoms in total. The molecule has 4 rings (SSSR count). The molecule has 160 valence electrons. The SMILES string of the molecule is CCn1c(SCC(=O)NCCc2ccccc2)nnc1-c1cn(CC)c2ccccc12. The molecule has 0 saturated carbocycles. The Morgan fingerprint density at radius 1 is 1.00 bits per heavy atom. The Morgan fingerprint density at radius 2 is 1.77 bits per heavy atom. The zero-order valence-electron chi connectivity index (χ0n) is 17.9. The highest BCUT2D eigenvalue weighted by molar-refractivity contribution is 7.99. The summed E-state index contributed by atoms with van der Waals surface area (Å²) in [6.45, 7) is 6.48. The van der Waals surface area contributed by atoms with Gasteiger partial charge in [0, 0.05) is 42.3 Å². The van der Waals surface area contributed by atoms with Crippen molar-refractivity contribution in [2.45, 2.75) is 38.5 Å². The number of hydrogen-bond acceptors (Lipinski definition) is 4. The molecule has 0 aliphatic heterocycles. The minimum Gasteiger partial charge on any atom is -0.355 e. The van der Waals surface area contributed by atoms with Crippen molar-refractivity contribution in [2.24, 2.45) is 0 Å². The van der Waals surface area contributed by atoms with Crippen molar-refractivity contribution in [3.63, 3.8) is 0 Å². The van der Waals surface area contributed by atoms with E-state index in [1.807, 2.05) is 24.3 Å². The lowest BCUT2D eigenvalue weighted by molar-refractivity contribution is -0.118. The Bertz CT molecular complexity index is 1170. The van der Waals surface area contributed by atoms with Crippen LogP contribution in [-0.2, 0) is 24.3 Å². The number of aromatic nitrogens is 4. The fraction of sp³-hybridized carbons (Fsp3) is 0.292. The lowest BCUT2D eigenvalue weighted by atomic mass is 10.1. The van der Waals surface area contributed by atoms with Gasteiger partial charge in [0.1, 0.15) is 0 Å². The molecule has 0 unspecified atom stereocenters. The summed E-state index contributed by atoms with van der Waals surface area (Å²) in [6, 6.07) is 18.5. The van der Waals surface area contributed by atoms with Crippen molar-refractivity contribution < 1.29 is 4.79 Å². The number of hydrogen-bond donors (Lipinski definition) is 1. The number of nitrogens with one attached hydrogen (secondary N) is 1. The number of aryl methyl sites for hydroxylation is 1. The second-order valence-electron chi connectivity index (χ2n) is 7.27. The summed E-state index contributed by atoms with van der Waals surface area (Å²) >= 11 is 1.43. The van der Waals surface area contributed by atoms with E-state index in [1.54, 1.807) is 0 Å². The third-order valence-electron chi connectivity index (χ3n) is 5.31. The minimum absolute atomic E-state index is 0.00993. The third-order valence-corrected chi connectivity index (χ3v) is 6.28. The normalized spacial score (nSPS) is 11.2. The molecule has 0 saturated heterocycles. The Kier molecular flexibility index (Phi) is 6.72. The van der Waals surface area contributed by atoms with Gasteiger partial charge >= 0.3 is 0 Å². The summed E-state index contributed by atoms with van der Waals surface area (Å²) in [7, 11) is 0. The van der Waals surface area contributed by atoms with Crippen LogP contribution in [0.25, 0.3) is 22.3 Å². The van der Waals surface area contributed by atoms with E-state index in [9.17, 15) is 4.79 Å². The van der Waals surface area contributed by atoms with Crippen molar-refractivity contribution >= 4 is 28.6 Å². The zero-order valence-corrected chi connectivity index (χ0v) is 18.7. The number of fused-ring (bicyclic) bond motifs is 1. The smallest absolute Gasteiger partial charge is 0.230 e. The molecule has 31 heavy (non-hydrogen) atoms. The van der Waals surface area contributed by atoms with Crippen LogP contribution in [0.5, 0.6) is 0 Å². The maximum atomic E-state index is 12.3. The first kappa shape index (κ1) is 21.2. The van der Waals surface area contributed by atoms with Gasteiger partial charge in [-0.2, -0.15) is 0 Å². The van der Waals surface area contributed by atoms with Gasteiger partial charge in [0.15, 0.2) is 11.0 Å². The molecule has 2 aromatic carbocycles. The molecule has 0 aliphatic rings. The van der Waals surface area contributed by atoms with Gasteiger partial charge in [0.2, 0.25) is 5.91 Å². The van der Waals surface area contributed by atoms with Crippen molar-refractivity contribution in [3.05, 3.63) is 66.4 Å². The molecule has 2 heterocycles. The highest BCUT2D eigenvalue weighted by Crippen LogP contribution is 2.31. The van der Waals surface area contributed by atoms with Gasteiger partial charge in [-0.1, -0.05) is 60.3 Å². The van der Waals surface area contributed by atoms with Gasteiger partial charge < -0.3 is 14.5 Å². The van der Waals surface area contributed by atoms with E-state index in [1.165, 1.54) is 28.2 Å². The van der Waals surface area contributed by atoms with Gasteiger partial charge in [-0.15, -0.1) is 10.2 Å². The van der Waals surface area contributed by atoms with E-state index in [0.717, 1.165) is 36.1 Å². The molecule has 7 heteroatoms. The van der Waals surface area contributed by atoms with E-state index in [2.05, 4.69) is 75.0 Å². The fourth-order valence-corrected chi connectivity index (χ4v) is 4.57. The van der Waals surface area contributed by atoms with Crippen molar-refractivity contribution in [1.29, 1.82) is 0 Å². The van der Waals surface area contributed by atoms with Gasteiger partial charge in [0.05, 0.1) is 5.75 Å². The number of thioether (sulfide) groups is 1. The van der Waals surface area contributed by atoms with Gasteiger partial charge in [0.25, 0.3) is 0 Å². The van der Waals surface area contributed by atoms with Gasteiger partial charge in [-0.3, -0.25) is 4.79 Å². The van der Waals surface area contributed by atoms with Crippen LogP contribution < -0.4 is 5.32 Å². The van der Waals surface area contributed by atoms with Crippen molar-refractivity contribution in [2.75, 3.05) is 12.3 Å². The molecule has 0 aliphatic carbocycles. The first-order valence-corrected chi connectivity index (χ1v) is 11.6. The molecule has 0 radical (unpaired) electrons. The maximum absolute atomic E-state index is 12.3. The van der Waals surface area contributed by atoms with E-state index in [-0.39, 0.29) is 5.91 Å². The van der Waals surface area contributed by atoms with E-state index in [4.69, 9.17) is 0 Å². The zero-order chi connectivity index (χ0) is 21.6. The second kappa shape index (κ2) is 9.83. The summed E-state index contributed by atoms with van der Waals surface area (Å²) in [5, 5.41) is 13.8. The number of benzene rings is 2. The van der Waals surface area contributed by atoms with Crippen molar-refractivity contribution in [3.8, 4) is 11.4 Å². The summed E-state index contributed by atoms with van der Waals surface area (Å²) in [5.74, 6) is 1.18. The number of para-hydroxylation sites is 1. The van der Waals surface area contributed by atoms with Crippen LogP contribution in [0.4, 0.5) is 0 Å². The van der Waals surface area contributed by atoms with Crippen LogP contribution in [0.15, 0.2) is 66.0 Å². The summed E-state index contributed by atoms with van der Waals surface area (Å²) in [6.07, 6.45) is 2.97. The fourth-order valence-electron chi connectivity index (χ4n) is 3.74. The highest BCUT2D eigenvalue weighted by atomic mass is 32.2. The Balaban J connectivity index is 1.44. The molecule has 4 aromatic rings. The molecule has 0 fully saturated rings. The quantitative estimate of drug-likeness (QED) is 0.398. The summed E-state index contributed by atoms with van der Waals surface area (Å²) in [4.78, 5) is 12.3. The van der Waals surface area contributed by atoms with E-state index >= 15 is 0 Å². The molecular formula is C24H27N5OS. The number of carbonyl (C=O) groups excluding carboxylic acids is 1. The van der Waals surface area contributed by atoms with Crippen LogP contribution >= 0.6 is 11.8 Å². The molecule has 1 N–H and O–H groups in total. The van der Waals surface area contributed by atoms with Gasteiger partial charge in [-0.05, 0) is 31.9 Å². The molecule has 0 spiro atoms. The minimum atomic E-state index is 0.00993. The van der Waals surface area contributed by atoms with Crippen LogP contribution in [0, 0.1) is 0 Å². The third kappa shape index (κ3) is 4.66. The molecular weight excluding hydrogens is 406 g/mol. The highest BCUT2D eigenvalue weighted by Gasteiger charge is 2.18. The summed E-state index contributed by atoms with van der Waals surface area (Å²) < 4.78 is 4.32. The Labute approximate surface area is 186 Å². The second-order valence-corrected chi connectivity index (χ2v) is 8.21. The first-order valence-electron chi connectivity index (χ1n) is 10.7. The van der Waals surface area contributed by atoms with E-state index in [0.29, 0.717) is 12.3 Å². The van der Waals surface area contributed by atoms with Crippen molar-refractivity contribution in [1.82, 2.24) is 24.6 Å². The van der Waals surface area contributed by atoms with Crippen LogP contribution in [-0.4, -0.2) is 37.5 Å². The van der Waals surface area contributed by atoms with Crippen LogP contribution in [0.2, 0.25) is 0 Å². The number of nitrogens with zero attached hydrogens (tertiary/aromatic N) is 4. The number of rotatable bonds is 9. The lowest BCUT2D eigenvalue weighted by Crippen LogP contribution is -2.27. The Hall–Kier alpha value is -3.06. The van der Waals surface area contributed by atoms with Gasteiger partial charge in [-0.25, -0.2) is 0 Å². The number of amides is 1. The van der Waals surface area contributed by atoms with Crippen LogP contribution in [0.1, 0.15) is 19.4 Å². The predicted octanol–water partition coefficient (Wildman–Crippen LogP) is 4.39. The standard InChI is InChI=1S/C24H27N5OS/c1-3-28-16-20(19-12-8-9-13-21(19)28)23-26-27-24(29(23)4-2)31-17-22(30)25-15-14-18-10-6-5-7-11-18/h5-13,16H,3-4,14-15,17H2,1-2H3,(H,25,30). The molecule has 2 aromatic heterocycles. The maximum Gasteiger partial charge on any atom is 0.230 e. The largest absolute Gasteiger partial charge is 0.355 e. The number of carbonyl (C=O) groups is 1. The average Bonchev–Trinajstić information content (AvgIpc) is 3.39. The Morgan fingerprint density at radius 3 is 2.55 bits per heavy atom. The molecule has 1 amide bonds. The lowest BCUT2D eigenvalue weighted by Gasteiger charge is -2.07. The van der Waals surface area contributed by atoms with E-state index < -0.39 is 0 Å². The molecule has 0 atom stereocenters. The predicted molar refractivity (Wildman–Crippen MR) is 126 cm³/mol. The van der Waals surface area contributed by atoms with Crippen LogP contribution in [0.3, 0.4) is 0 Å². The monoisotopic (exact) mass is 433 g/mol. The summed E-state index contributed by atoms with van der Waals surface area (Å²) in [5.41, 5.74) is 3.49. The average molecular weight is 434 g/mol. The molecule has 0 bridgehead atoms.